The molecule has 3 rings (SSSR count). The number of fused-ring (bicyclic) bond motifs is 1. The number of imide groups is 1. The van der Waals surface area contributed by atoms with Crippen LogP contribution >= 0.6 is 0 Å². The maximum atomic E-state index is 12.7. The number of carbonyl (C=O) groups excluding carboxylic acids is 2. The van der Waals surface area contributed by atoms with Gasteiger partial charge in [-0.2, -0.15) is 5.10 Å². The number of amides is 3. The normalized spacial score (nSPS) is 18.2. The number of benzene rings is 1. The van der Waals surface area contributed by atoms with E-state index in [1.54, 1.807) is 6.92 Å². The third kappa shape index (κ3) is 2.75. The van der Waals surface area contributed by atoms with E-state index in [4.69, 9.17) is 0 Å². The second-order valence-electron chi connectivity index (χ2n) is 5.78. The number of anilines is 1. The zero-order valence-corrected chi connectivity index (χ0v) is 12.9. The molecule has 5 nitrogen and oxygen atoms in total. The molecule has 1 saturated carbocycles. The van der Waals surface area contributed by atoms with Crippen LogP contribution in [0, 0.1) is 0 Å². The molecule has 5 heteroatoms. The van der Waals surface area contributed by atoms with E-state index in [0.717, 1.165) is 37.0 Å². The van der Waals surface area contributed by atoms with Crippen molar-refractivity contribution in [3.8, 4) is 0 Å². The van der Waals surface area contributed by atoms with Crippen molar-refractivity contribution in [2.45, 2.75) is 52.0 Å². The molecule has 1 aromatic rings. The number of carbonyl (C=O) groups is 2. The van der Waals surface area contributed by atoms with Gasteiger partial charge in [0.25, 0.3) is 0 Å². The monoisotopic (exact) mass is 299 g/mol. The van der Waals surface area contributed by atoms with Gasteiger partial charge < -0.3 is 0 Å². The summed E-state index contributed by atoms with van der Waals surface area (Å²) in [6.45, 7) is 2.20. The van der Waals surface area contributed by atoms with E-state index in [2.05, 4.69) is 5.10 Å². The molecule has 0 aromatic heterocycles. The number of hydrogen-bond acceptors (Lipinski definition) is 3. The van der Waals surface area contributed by atoms with Gasteiger partial charge in [0.2, 0.25) is 5.91 Å². The Morgan fingerprint density at radius 3 is 2.64 bits per heavy atom. The summed E-state index contributed by atoms with van der Waals surface area (Å²) in [4.78, 5) is 26.2. The van der Waals surface area contributed by atoms with Crippen LogP contribution in [0.5, 0.6) is 0 Å². The van der Waals surface area contributed by atoms with Crippen molar-refractivity contribution in [2.24, 2.45) is 5.10 Å². The molecule has 1 aliphatic carbocycles. The lowest BCUT2D eigenvalue weighted by molar-refractivity contribution is -0.117. The molecule has 0 atom stereocenters. The Morgan fingerprint density at radius 2 is 1.91 bits per heavy atom. The predicted octanol–water partition coefficient (Wildman–Crippen LogP) is 3.69. The number of nitrogens with zero attached hydrogens (tertiary/aromatic N) is 3. The Balaban J connectivity index is 1.94. The van der Waals surface area contributed by atoms with E-state index >= 15 is 0 Å². The topological polar surface area (TPSA) is 53.0 Å². The Bertz CT molecular complexity index is 616. The summed E-state index contributed by atoms with van der Waals surface area (Å²) in [6, 6.07) is 7.22. The lowest BCUT2D eigenvalue weighted by atomic mass is 9.99. The highest BCUT2D eigenvalue weighted by Crippen LogP contribution is 2.30. The van der Waals surface area contributed by atoms with Gasteiger partial charge in [0, 0.05) is 12.1 Å². The lowest BCUT2D eigenvalue weighted by Gasteiger charge is -2.33. The Labute approximate surface area is 130 Å². The minimum absolute atomic E-state index is 0.189. The standard InChI is InChI=1S/C17H21N3O2/c1-2-16(21)20-15-11-7-6-8-13(15)12-19(17(20)22)18-14-9-4-3-5-10-14/h6-8,11H,2-5,9-10,12H2,1H3. The highest BCUT2D eigenvalue weighted by atomic mass is 16.2. The van der Waals surface area contributed by atoms with Crippen LogP contribution in [0.15, 0.2) is 29.4 Å². The summed E-state index contributed by atoms with van der Waals surface area (Å²) in [5.74, 6) is -0.189. The quantitative estimate of drug-likeness (QED) is 0.836. The van der Waals surface area contributed by atoms with Crippen LogP contribution in [-0.2, 0) is 11.3 Å². The van der Waals surface area contributed by atoms with Crippen LogP contribution < -0.4 is 4.90 Å². The second-order valence-corrected chi connectivity index (χ2v) is 5.78. The molecular formula is C17H21N3O2. The average molecular weight is 299 g/mol. The number of para-hydroxylation sites is 1. The first-order valence-electron chi connectivity index (χ1n) is 7.99. The third-order valence-corrected chi connectivity index (χ3v) is 4.21. The molecule has 0 bridgehead atoms. The third-order valence-electron chi connectivity index (χ3n) is 4.21. The Morgan fingerprint density at radius 1 is 1.18 bits per heavy atom. The van der Waals surface area contributed by atoms with Gasteiger partial charge in [0.05, 0.1) is 12.2 Å². The Hall–Kier alpha value is -2.17. The fourth-order valence-electron chi connectivity index (χ4n) is 3.02. The highest BCUT2D eigenvalue weighted by molar-refractivity contribution is 6.15. The van der Waals surface area contributed by atoms with E-state index in [1.165, 1.54) is 16.3 Å². The van der Waals surface area contributed by atoms with Crippen LogP contribution in [0.3, 0.4) is 0 Å². The van der Waals surface area contributed by atoms with Gasteiger partial charge in [-0.05, 0) is 37.3 Å². The van der Waals surface area contributed by atoms with Crippen LogP contribution in [0.25, 0.3) is 0 Å². The molecule has 0 saturated heterocycles. The van der Waals surface area contributed by atoms with Crippen LogP contribution in [0.2, 0.25) is 0 Å². The summed E-state index contributed by atoms with van der Waals surface area (Å²) in [7, 11) is 0. The van der Waals surface area contributed by atoms with Crippen molar-refractivity contribution < 1.29 is 9.59 Å². The van der Waals surface area contributed by atoms with E-state index in [1.807, 2.05) is 24.3 Å². The van der Waals surface area contributed by atoms with Crippen molar-refractivity contribution in [1.82, 2.24) is 5.01 Å². The van der Waals surface area contributed by atoms with Crippen molar-refractivity contribution in [2.75, 3.05) is 4.90 Å². The number of hydrazone groups is 1. The fraction of sp³-hybridized carbons (Fsp3) is 0.471. The van der Waals surface area contributed by atoms with Crippen LogP contribution in [0.4, 0.5) is 10.5 Å². The summed E-state index contributed by atoms with van der Waals surface area (Å²) in [5.41, 5.74) is 2.73. The maximum Gasteiger partial charge on any atom is 0.352 e. The van der Waals surface area contributed by atoms with Crippen molar-refractivity contribution >= 4 is 23.3 Å². The molecule has 116 valence electrons. The van der Waals surface area contributed by atoms with Gasteiger partial charge in [-0.25, -0.2) is 14.7 Å². The molecule has 3 amide bonds. The molecule has 1 aromatic carbocycles. The van der Waals surface area contributed by atoms with E-state index in [0.29, 0.717) is 18.7 Å². The highest BCUT2D eigenvalue weighted by Gasteiger charge is 2.34. The molecular weight excluding hydrogens is 278 g/mol. The zero-order chi connectivity index (χ0) is 15.5. The minimum Gasteiger partial charge on any atom is -0.274 e. The van der Waals surface area contributed by atoms with Gasteiger partial charge in [-0.15, -0.1) is 0 Å². The summed E-state index contributed by atoms with van der Waals surface area (Å²) in [5, 5.41) is 6.00. The number of urea groups is 1. The Kier molecular flexibility index (Phi) is 4.22. The first-order valence-corrected chi connectivity index (χ1v) is 7.99. The summed E-state index contributed by atoms with van der Waals surface area (Å²) >= 11 is 0. The predicted molar refractivity (Wildman–Crippen MR) is 85.7 cm³/mol. The summed E-state index contributed by atoms with van der Waals surface area (Å²) in [6.07, 6.45) is 5.70. The largest absolute Gasteiger partial charge is 0.352 e. The van der Waals surface area contributed by atoms with Crippen LogP contribution in [-0.4, -0.2) is 22.7 Å². The molecule has 22 heavy (non-hydrogen) atoms. The van der Waals surface area contributed by atoms with Crippen molar-refractivity contribution in [3.63, 3.8) is 0 Å². The van der Waals surface area contributed by atoms with Crippen molar-refractivity contribution in [1.29, 1.82) is 0 Å². The molecule has 1 aliphatic heterocycles. The molecule has 0 spiro atoms. The number of hydrogen-bond donors (Lipinski definition) is 0. The summed E-state index contributed by atoms with van der Waals surface area (Å²) < 4.78 is 0. The van der Waals surface area contributed by atoms with Crippen LogP contribution in [0.1, 0.15) is 51.0 Å². The molecule has 0 radical (unpaired) electrons. The molecule has 0 unspecified atom stereocenters. The number of rotatable bonds is 2. The average Bonchev–Trinajstić information content (AvgIpc) is 2.56. The fourth-order valence-corrected chi connectivity index (χ4v) is 3.02. The maximum absolute atomic E-state index is 12.7. The minimum atomic E-state index is -0.330. The zero-order valence-electron chi connectivity index (χ0n) is 12.9. The van der Waals surface area contributed by atoms with Gasteiger partial charge in [0.15, 0.2) is 0 Å². The van der Waals surface area contributed by atoms with Crippen molar-refractivity contribution in [3.05, 3.63) is 29.8 Å². The van der Waals surface area contributed by atoms with E-state index < -0.39 is 0 Å². The van der Waals surface area contributed by atoms with Gasteiger partial charge >= 0.3 is 6.03 Å². The van der Waals surface area contributed by atoms with E-state index in [-0.39, 0.29) is 11.9 Å². The SMILES string of the molecule is CCC(=O)N1C(=O)N(N=C2CCCCC2)Cc2ccccc21. The van der Waals surface area contributed by atoms with Gasteiger partial charge in [-0.3, -0.25) is 4.79 Å². The van der Waals surface area contributed by atoms with Gasteiger partial charge in [-0.1, -0.05) is 31.5 Å². The lowest BCUT2D eigenvalue weighted by Crippen LogP contribution is -2.48. The molecule has 1 heterocycles. The second kappa shape index (κ2) is 6.30. The van der Waals surface area contributed by atoms with E-state index in [9.17, 15) is 9.59 Å². The van der Waals surface area contributed by atoms with Gasteiger partial charge in [0.1, 0.15) is 0 Å². The first kappa shape index (κ1) is 14.8. The smallest absolute Gasteiger partial charge is 0.274 e. The molecule has 2 aliphatic rings. The first-order chi connectivity index (χ1) is 10.7. The molecule has 1 fully saturated rings. The molecule has 0 N–H and O–H groups in total.